The van der Waals surface area contributed by atoms with Gasteiger partial charge in [0.25, 0.3) is 0 Å². The van der Waals surface area contributed by atoms with Crippen LogP contribution in [-0.4, -0.2) is 80.6 Å². The van der Waals surface area contributed by atoms with Gasteiger partial charge in [0.15, 0.2) is 0 Å². The molecule has 8 aromatic heterocycles. The standard InChI is InChI=1S/3C5H6N2.C5H6O.3C4H5N3.C4H5NO/c1-5-4-6-2-3-7-5;1-5-2-3-6-4-7-5;1-5-3-2-4-6-7-5;1-5-3-2-4-6-5;1-4-6-2-5-3-7-4;1-4-2-6-7-3-5-4;1-4-5-2-3-6-7-4;1-4-2-3-6-5-4/h3*2-4H,1H3;2-4H,1H3;3*2-3H,1H3;2-3H,1H3. The summed E-state index contributed by atoms with van der Waals surface area (Å²) in [7, 11) is 0. The molecule has 0 radical (unpaired) electrons. The van der Waals surface area contributed by atoms with Gasteiger partial charge in [0.05, 0.1) is 41.4 Å². The smallest absolute Gasteiger partial charge is 0.147 e. The van der Waals surface area contributed by atoms with E-state index in [9.17, 15) is 0 Å². The van der Waals surface area contributed by atoms with Gasteiger partial charge in [-0.3, -0.25) is 9.97 Å². The van der Waals surface area contributed by atoms with E-state index in [1.807, 2.05) is 78.8 Å². The van der Waals surface area contributed by atoms with Crippen LogP contribution in [0.15, 0.2) is 133 Å². The van der Waals surface area contributed by atoms with Crippen LogP contribution in [0.5, 0.6) is 0 Å². The molecule has 0 bridgehead atoms. The number of hydrogen-bond donors (Lipinski definition) is 0. The first-order valence-corrected chi connectivity index (χ1v) is 16.0. The fourth-order valence-corrected chi connectivity index (χ4v) is 2.65. The van der Waals surface area contributed by atoms with Crippen LogP contribution in [0.2, 0.25) is 0 Å². The maximum Gasteiger partial charge on any atom is 0.147 e. The van der Waals surface area contributed by atoms with Crippen molar-refractivity contribution < 1.29 is 8.94 Å². The number of nitrogens with zero attached hydrogens (tertiary/aromatic N) is 16. The molecule has 0 N–H and O–H groups in total. The average molecular weight is 733 g/mol. The van der Waals surface area contributed by atoms with Crippen LogP contribution in [0.1, 0.15) is 45.9 Å². The van der Waals surface area contributed by atoms with Crippen LogP contribution in [0.3, 0.4) is 0 Å². The van der Waals surface area contributed by atoms with Gasteiger partial charge in [0, 0.05) is 48.9 Å². The van der Waals surface area contributed by atoms with E-state index < -0.39 is 0 Å². The molecule has 280 valence electrons. The third kappa shape index (κ3) is 28.6. The van der Waals surface area contributed by atoms with Crippen molar-refractivity contribution in [1.82, 2.24) is 80.6 Å². The molecule has 0 atom stereocenters. The van der Waals surface area contributed by atoms with Crippen LogP contribution in [0.25, 0.3) is 0 Å². The first-order chi connectivity index (χ1) is 26.2. The summed E-state index contributed by atoms with van der Waals surface area (Å²) in [5.74, 6) is 2.44. The number of rotatable bonds is 0. The highest BCUT2D eigenvalue weighted by atomic mass is 16.5. The topological polar surface area (TPSA) is 233 Å². The van der Waals surface area contributed by atoms with Crippen LogP contribution in [-0.2, 0) is 0 Å². The van der Waals surface area contributed by atoms with Crippen LogP contribution < -0.4 is 0 Å². The number of aromatic nitrogens is 16. The van der Waals surface area contributed by atoms with Crippen molar-refractivity contribution in [1.29, 1.82) is 0 Å². The lowest BCUT2D eigenvalue weighted by atomic mass is 10.4. The Kier molecular flexibility index (Phi) is 25.4. The molecule has 0 amide bonds. The van der Waals surface area contributed by atoms with Crippen molar-refractivity contribution in [3.05, 3.63) is 170 Å². The Labute approximate surface area is 314 Å². The third-order valence-electron chi connectivity index (χ3n) is 5.20. The first kappa shape index (κ1) is 44.8. The molecule has 0 unspecified atom stereocenters. The first-order valence-electron chi connectivity index (χ1n) is 16.0. The largest absolute Gasteiger partial charge is 0.470 e. The van der Waals surface area contributed by atoms with Crippen molar-refractivity contribution in [2.75, 3.05) is 0 Å². The van der Waals surface area contributed by atoms with Gasteiger partial charge in [0.1, 0.15) is 49.0 Å². The Morgan fingerprint density at radius 2 is 1.13 bits per heavy atom. The van der Waals surface area contributed by atoms with E-state index in [2.05, 4.69) is 85.1 Å². The van der Waals surface area contributed by atoms with Crippen LogP contribution in [0.4, 0.5) is 0 Å². The molecule has 0 aromatic carbocycles. The van der Waals surface area contributed by atoms with Gasteiger partial charge < -0.3 is 8.94 Å². The zero-order chi connectivity index (χ0) is 39.5. The number of hydrogen-bond acceptors (Lipinski definition) is 18. The van der Waals surface area contributed by atoms with Crippen molar-refractivity contribution in [3.63, 3.8) is 0 Å². The summed E-state index contributed by atoms with van der Waals surface area (Å²) in [6, 6.07) is 11.2. The van der Waals surface area contributed by atoms with Crippen molar-refractivity contribution in [2.45, 2.75) is 55.4 Å². The van der Waals surface area contributed by atoms with Gasteiger partial charge in [-0.05, 0) is 85.7 Å². The van der Waals surface area contributed by atoms with Gasteiger partial charge in [-0.1, -0.05) is 5.16 Å². The molecule has 18 heteroatoms. The zero-order valence-corrected chi connectivity index (χ0v) is 31.5. The van der Waals surface area contributed by atoms with Crippen molar-refractivity contribution in [2.24, 2.45) is 0 Å². The summed E-state index contributed by atoms with van der Waals surface area (Å²) in [5, 5.41) is 25.2. The molecule has 18 nitrogen and oxygen atoms in total. The summed E-state index contributed by atoms with van der Waals surface area (Å²) in [4.78, 5) is 34.1. The third-order valence-corrected chi connectivity index (χ3v) is 5.20. The van der Waals surface area contributed by atoms with Gasteiger partial charge in [-0.2, -0.15) is 20.4 Å². The summed E-state index contributed by atoms with van der Waals surface area (Å²) in [5.41, 5.74) is 4.75. The molecule has 0 spiro atoms. The Hall–Kier alpha value is -7.24. The lowest BCUT2D eigenvalue weighted by Gasteiger charge is -1.81. The van der Waals surface area contributed by atoms with Gasteiger partial charge in [0.2, 0.25) is 0 Å². The quantitative estimate of drug-likeness (QED) is 0.188. The van der Waals surface area contributed by atoms with E-state index in [-0.39, 0.29) is 0 Å². The molecular formula is C36H44N16O2. The van der Waals surface area contributed by atoms with E-state index in [1.165, 1.54) is 25.3 Å². The molecule has 0 fully saturated rings. The minimum atomic E-state index is 0.711. The molecule has 0 aliphatic heterocycles. The second-order valence-corrected chi connectivity index (χ2v) is 10.0. The lowest BCUT2D eigenvalue weighted by molar-refractivity contribution is 0.415. The second kappa shape index (κ2) is 30.6. The van der Waals surface area contributed by atoms with E-state index in [0.717, 1.165) is 40.1 Å². The maximum absolute atomic E-state index is 4.83. The van der Waals surface area contributed by atoms with E-state index in [4.69, 9.17) is 4.42 Å². The molecule has 8 rings (SSSR count). The monoisotopic (exact) mass is 732 g/mol. The zero-order valence-electron chi connectivity index (χ0n) is 31.5. The molecule has 0 aliphatic rings. The average Bonchev–Trinajstić information content (AvgIpc) is 3.89. The van der Waals surface area contributed by atoms with Gasteiger partial charge in [-0.15, -0.1) is 10.2 Å². The number of aryl methyl sites for hydroxylation is 8. The minimum Gasteiger partial charge on any atom is -0.470 e. The molecular weight excluding hydrogens is 689 g/mol. The maximum atomic E-state index is 4.83. The van der Waals surface area contributed by atoms with Crippen LogP contribution in [0, 0.1) is 55.4 Å². The van der Waals surface area contributed by atoms with Crippen LogP contribution >= 0.6 is 0 Å². The molecule has 54 heavy (non-hydrogen) atoms. The highest BCUT2D eigenvalue weighted by Crippen LogP contribution is 1.93. The fourth-order valence-electron chi connectivity index (χ4n) is 2.65. The highest BCUT2D eigenvalue weighted by Gasteiger charge is 1.80. The molecule has 8 heterocycles. The summed E-state index contributed by atoms with van der Waals surface area (Å²) in [6.45, 7) is 15.0. The Bertz CT molecular complexity index is 1590. The highest BCUT2D eigenvalue weighted by molar-refractivity contribution is 4.95. The van der Waals surface area contributed by atoms with Crippen molar-refractivity contribution >= 4 is 0 Å². The molecule has 8 aromatic rings. The van der Waals surface area contributed by atoms with E-state index in [0.29, 0.717) is 5.82 Å². The normalized spacial score (nSPS) is 8.74. The lowest BCUT2D eigenvalue weighted by Crippen LogP contribution is -1.85. The molecule has 0 saturated carbocycles. The number of furan rings is 1. The van der Waals surface area contributed by atoms with Gasteiger partial charge >= 0.3 is 0 Å². The van der Waals surface area contributed by atoms with E-state index >= 15 is 0 Å². The Morgan fingerprint density at radius 1 is 0.407 bits per heavy atom. The molecule has 0 saturated heterocycles. The SMILES string of the molecule is Cc1cccnn1.Cc1ccco1.Cc1ccncn1.Cc1ccon1.Cc1cnccn1.Cc1cnncn1.Cc1nccnn1.Cc1ncncn1. The Balaban J connectivity index is 0.000000309. The predicted octanol–water partition coefficient (Wildman–Crippen LogP) is 5.47. The van der Waals surface area contributed by atoms with Crippen molar-refractivity contribution in [3.8, 4) is 0 Å². The predicted molar refractivity (Wildman–Crippen MR) is 199 cm³/mol. The second-order valence-electron chi connectivity index (χ2n) is 10.0. The Morgan fingerprint density at radius 3 is 1.39 bits per heavy atom. The summed E-state index contributed by atoms with van der Waals surface area (Å²) >= 11 is 0. The fraction of sp³-hybridized carbons (Fsp3) is 0.222. The van der Waals surface area contributed by atoms with E-state index in [1.54, 1.807) is 75.1 Å². The summed E-state index contributed by atoms with van der Waals surface area (Å²) in [6.07, 6.45) is 22.3. The van der Waals surface area contributed by atoms with Gasteiger partial charge in [-0.25, -0.2) is 34.9 Å². The molecule has 0 aliphatic carbocycles. The summed E-state index contributed by atoms with van der Waals surface area (Å²) < 4.78 is 9.30. The minimum absolute atomic E-state index is 0.711.